The predicted molar refractivity (Wildman–Crippen MR) is 174 cm³/mol. The molecule has 0 saturated carbocycles. The Labute approximate surface area is 292 Å². The molecule has 2 saturated heterocycles. The molecule has 17 heteroatoms. The topological polar surface area (TPSA) is 239 Å². The van der Waals surface area contributed by atoms with Crippen molar-refractivity contribution < 1.29 is 82.9 Å². The van der Waals surface area contributed by atoms with Gasteiger partial charge in [0.15, 0.2) is 35.6 Å². The summed E-state index contributed by atoms with van der Waals surface area (Å²) in [5.41, 5.74) is 1.17. The maximum atomic E-state index is 12.4. The largest absolute Gasteiger partial charge is 0.493 e. The summed E-state index contributed by atoms with van der Waals surface area (Å²) in [5.74, 6) is 0.184. The first kappa shape index (κ1) is 39.5. The minimum absolute atomic E-state index is 0.436. The summed E-state index contributed by atoms with van der Waals surface area (Å²) in [7, 11) is 5.89. The number of rotatable bonds is 14. The number of aliphatic hydroxyl groups excluding tert-OH is 6. The number of ether oxygens (including phenoxy) is 9. The van der Waals surface area contributed by atoms with E-state index < -0.39 is 86.6 Å². The second kappa shape index (κ2) is 18.3. The van der Waals surface area contributed by atoms with Gasteiger partial charge in [-0.2, -0.15) is 0 Å². The van der Waals surface area contributed by atoms with Crippen molar-refractivity contribution in [1.29, 1.82) is 0 Å². The lowest BCUT2D eigenvalue weighted by atomic mass is 9.98. The lowest BCUT2D eigenvalue weighted by molar-refractivity contribution is -0.376. The van der Waals surface area contributed by atoms with Crippen LogP contribution in [0.4, 0.5) is 0 Å². The van der Waals surface area contributed by atoms with Gasteiger partial charge in [0.2, 0.25) is 0 Å². The minimum atomic E-state index is -1.89. The number of benzene rings is 2. The van der Waals surface area contributed by atoms with E-state index in [-0.39, 0.29) is 0 Å². The highest BCUT2D eigenvalue weighted by molar-refractivity contribution is 5.87. The third kappa shape index (κ3) is 9.94. The van der Waals surface area contributed by atoms with Gasteiger partial charge in [0.1, 0.15) is 62.0 Å². The molecule has 4 rings (SSSR count). The van der Waals surface area contributed by atoms with Crippen LogP contribution in [0.25, 0.3) is 12.2 Å². The first-order chi connectivity index (χ1) is 24.4. The normalized spacial score (nSPS) is 29.5. The SMILES string of the molecule is COc1ccc(/C=C/C(=O)OC[C@H]2O[C@H](O[C@H]3O[C@H](COC(=O)/C=C/c4ccc(OC)c(OC)c4)[C@@H](O)[C@H](O)[C@H]3O)[C@H](O)[C@@H](O)[C@@H]2O)cc1OC. The van der Waals surface area contributed by atoms with Gasteiger partial charge in [0.25, 0.3) is 0 Å². The van der Waals surface area contributed by atoms with Crippen LogP contribution in [0.2, 0.25) is 0 Å². The van der Waals surface area contributed by atoms with Crippen molar-refractivity contribution >= 4 is 24.1 Å². The van der Waals surface area contributed by atoms with Crippen LogP contribution in [-0.2, 0) is 33.3 Å². The summed E-state index contributed by atoms with van der Waals surface area (Å²) in [6.45, 7) is -1.19. The summed E-state index contributed by atoms with van der Waals surface area (Å²) in [6, 6.07) is 9.88. The highest BCUT2D eigenvalue weighted by atomic mass is 16.8. The molecule has 0 bridgehead atoms. The van der Waals surface area contributed by atoms with Gasteiger partial charge in [-0.3, -0.25) is 0 Å². The fourth-order valence-corrected chi connectivity index (χ4v) is 5.13. The van der Waals surface area contributed by atoms with E-state index in [1.807, 2.05) is 0 Å². The van der Waals surface area contributed by atoms with Crippen LogP contribution in [0.1, 0.15) is 11.1 Å². The molecule has 10 atom stereocenters. The molecule has 2 heterocycles. The number of hydrogen-bond donors (Lipinski definition) is 6. The summed E-state index contributed by atoms with van der Waals surface area (Å²) >= 11 is 0. The van der Waals surface area contributed by atoms with Gasteiger partial charge in [-0.25, -0.2) is 9.59 Å². The molecule has 6 N–H and O–H groups in total. The molecule has 2 aliphatic rings. The van der Waals surface area contributed by atoms with Crippen molar-refractivity contribution in [3.63, 3.8) is 0 Å². The van der Waals surface area contributed by atoms with Crippen LogP contribution in [0.5, 0.6) is 23.0 Å². The standard InChI is InChI=1S/C34H42O17/c1-43-19-9-5-17(13-21(19)45-3)7-11-25(35)47-15-23-27(37)29(39)31(41)33(49-23)51-34-32(42)30(40)28(38)24(50-34)16-48-26(36)12-8-18-6-10-20(44-2)22(14-18)46-4/h5-14,23-24,27-34,37-42H,15-16H2,1-4H3/b11-7+,12-8+/t23-,24-,27-,28-,29+,30+,31-,32-,33-,34-/m1/s1. The molecule has 0 radical (unpaired) electrons. The Morgan fingerprint density at radius 1 is 0.569 bits per heavy atom. The number of aliphatic hydroxyl groups is 6. The van der Waals surface area contributed by atoms with E-state index in [1.54, 1.807) is 36.4 Å². The second-order valence-electron chi connectivity index (χ2n) is 11.3. The number of hydrogen-bond acceptors (Lipinski definition) is 17. The number of esters is 2. The number of methoxy groups -OCH3 is 4. The molecule has 2 fully saturated rings. The monoisotopic (exact) mass is 722 g/mol. The molecule has 2 aliphatic heterocycles. The zero-order valence-electron chi connectivity index (χ0n) is 28.1. The van der Waals surface area contributed by atoms with Crippen molar-refractivity contribution in [2.75, 3.05) is 41.7 Å². The van der Waals surface area contributed by atoms with Gasteiger partial charge in [-0.05, 0) is 47.5 Å². The number of carbonyl (C=O) groups excluding carboxylic acids is 2. The maximum Gasteiger partial charge on any atom is 0.330 e. The van der Waals surface area contributed by atoms with Crippen LogP contribution in [0.15, 0.2) is 48.6 Å². The molecule has 2 aromatic rings. The smallest absolute Gasteiger partial charge is 0.330 e. The van der Waals surface area contributed by atoms with Gasteiger partial charge in [-0.1, -0.05) is 12.1 Å². The lowest BCUT2D eigenvalue weighted by Crippen LogP contribution is -2.64. The van der Waals surface area contributed by atoms with Crippen molar-refractivity contribution in [2.45, 2.75) is 61.4 Å². The average molecular weight is 723 g/mol. The predicted octanol–water partition coefficient (Wildman–Crippen LogP) is -0.834. The van der Waals surface area contributed by atoms with Crippen molar-refractivity contribution in [3.05, 3.63) is 59.7 Å². The molecule has 0 unspecified atom stereocenters. The average Bonchev–Trinajstić information content (AvgIpc) is 3.14. The first-order valence-corrected chi connectivity index (χ1v) is 15.6. The van der Waals surface area contributed by atoms with Crippen molar-refractivity contribution in [2.24, 2.45) is 0 Å². The zero-order valence-corrected chi connectivity index (χ0v) is 28.1. The molecular formula is C34H42O17. The summed E-state index contributed by atoms with van der Waals surface area (Å²) in [5, 5.41) is 63.0. The Morgan fingerprint density at radius 3 is 1.29 bits per heavy atom. The fourth-order valence-electron chi connectivity index (χ4n) is 5.13. The summed E-state index contributed by atoms with van der Waals surface area (Å²) < 4.78 is 47.7. The van der Waals surface area contributed by atoms with Gasteiger partial charge >= 0.3 is 11.9 Å². The highest BCUT2D eigenvalue weighted by Gasteiger charge is 2.50. The van der Waals surface area contributed by atoms with Crippen LogP contribution >= 0.6 is 0 Å². The first-order valence-electron chi connectivity index (χ1n) is 15.6. The van der Waals surface area contributed by atoms with Gasteiger partial charge in [-0.15, -0.1) is 0 Å². The van der Waals surface area contributed by atoms with E-state index in [4.69, 9.17) is 42.6 Å². The van der Waals surface area contributed by atoms with Gasteiger partial charge in [0.05, 0.1) is 28.4 Å². The number of carbonyl (C=O) groups is 2. The summed E-state index contributed by atoms with van der Waals surface area (Å²) in [6.07, 6.45) is -12.3. The van der Waals surface area contributed by atoms with E-state index in [0.29, 0.717) is 34.1 Å². The Bertz CT molecular complexity index is 1420. The molecule has 17 nitrogen and oxygen atoms in total. The van der Waals surface area contributed by atoms with E-state index in [9.17, 15) is 40.2 Å². The molecule has 0 spiro atoms. The van der Waals surface area contributed by atoms with E-state index in [2.05, 4.69) is 0 Å². The third-order valence-electron chi connectivity index (χ3n) is 8.02. The Hall–Kier alpha value is -4.30. The van der Waals surface area contributed by atoms with Crippen LogP contribution < -0.4 is 18.9 Å². The zero-order chi connectivity index (χ0) is 37.2. The van der Waals surface area contributed by atoms with E-state index >= 15 is 0 Å². The van der Waals surface area contributed by atoms with Crippen LogP contribution in [0, 0.1) is 0 Å². The van der Waals surface area contributed by atoms with Crippen LogP contribution in [0.3, 0.4) is 0 Å². The maximum absolute atomic E-state index is 12.4. The second-order valence-corrected chi connectivity index (χ2v) is 11.3. The highest BCUT2D eigenvalue weighted by Crippen LogP contribution is 2.31. The van der Waals surface area contributed by atoms with Crippen LogP contribution in [-0.4, -0.2) is 146 Å². The van der Waals surface area contributed by atoms with E-state index in [0.717, 1.165) is 12.2 Å². The molecule has 0 amide bonds. The van der Waals surface area contributed by atoms with Gasteiger partial charge in [0, 0.05) is 12.2 Å². The lowest BCUT2D eigenvalue weighted by Gasteiger charge is -2.44. The Balaban J connectivity index is 1.33. The molecule has 0 aliphatic carbocycles. The quantitative estimate of drug-likeness (QED) is 0.103. The minimum Gasteiger partial charge on any atom is -0.493 e. The van der Waals surface area contributed by atoms with Gasteiger partial charge < -0.3 is 73.3 Å². The van der Waals surface area contributed by atoms with Crippen molar-refractivity contribution in [3.8, 4) is 23.0 Å². The van der Waals surface area contributed by atoms with E-state index in [1.165, 1.54) is 40.6 Å². The Morgan fingerprint density at radius 2 is 0.941 bits per heavy atom. The fraction of sp³-hybridized carbons (Fsp3) is 0.471. The van der Waals surface area contributed by atoms with Crippen molar-refractivity contribution in [1.82, 2.24) is 0 Å². The molecule has 280 valence electrons. The molecule has 51 heavy (non-hydrogen) atoms. The molecule has 0 aromatic heterocycles. The summed E-state index contributed by atoms with van der Waals surface area (Å²) in [4.78, 5) is 24.8. The Kier molecular flexibility index (Phi) is 14.1. The molecular weight excluding hydrogens is 680 g/mol. The molecule has 2 aromatic carbocycles. The third-order valence-corrected chi connectivity index (χ3v) is 8.02.